The van der Waals surface area contributed by atoms with Crippen molar-refractivity contribution in [2.24, 2.45) is 5.92 Å². The molecule has 1 aromatic rings. The average molecular weight is 322 g/mol. The molecule has 0 heterocycles. The highest BCUT2D eigenvalue weighted by Crippen LogP contribution is 2.34. The minimum atomic E-state index is -4.03. The van der Waals surface area contributed by atoms with Crippen LogP contribution in [-0.2, 0) is 9.05 Å². The Hall–Kier alpha value is -1.34. The maximum atomic E-state index is 11.4. The summed E-state index contributed by atoms with van der Waals surface area (Å²) < 4.78 is 28.1. The summed E-state index contributed by atoms with van der Waals surface area (Å²) in [6, 6.07) is 2.26. The van der Waals surface area contributed by atoms with E-state index in [0.29, 0.717) is 12.2 Å². The van der Waals surface area contributed by atoms with Crippen LogP contribution in [-0.4, -0.2) is 19.9 Å². The molecule has 1 rings (SSSR count). The largest absolute Gasteiger partial charge is 0.487 e. The van der Waals surface area contributed by atoms with E-state index in [-0.39, 0.29) is 16.6 Å². The maximum absolute atomic E-state index is 11.4. The van der Waals surface area contributed by atoms with Gasteiger partial charge in [-0.25, -0.2) is 8.42 Å². The predicted molar refractivity (Wildman–Crippen MR) is 75.8 cm³/mol. The molecular weight excluding hydrogens is 306 g/mol. The summed E-state index contributed by atoms with van der Waals surface area (Å²) >= 11 is 0. The average Bonchev–Trinajstić information content (AvgIpc) is 2.33. The van der Waals surface area contributed by atoms with Gasteiger partial charge in [0.15, 0.2) is 5.75 Å². The number of ether oxygens (including phenoxy) is 1. The Labute approximate surface area is 122 Å². The summed E-state index contributed by atoms with van der Waals surface area (Å²) in [4.78, 5) is 10.1. The van der Waals surface area contributed by atoms with Crippen LogP contribution in [0.4, 0.5) is 5.69 Å². The van der Waals surface area contributed by atoms with Crippen molar-refractivity contribution in [1.82, 2.24) is 0 Å². The molecular formula is C12H16ClNO5S. The van der Waals surface area contributed by atoms with Gasteiger partial charge in [-0.05, 0) is 24.5 Å². The molecule has 1 aromatic carbocycles. The summed E-state index contributed by atoms with van der Waals surface area (Å²) in [5.41, 5.74) is -0.0946. The van der Waals surface area contributed by atoms with Gasteiger partial charge in [0.2, 0.25) is 0 Å². The molecule has 0 aliphatic carbocycles. The zero-order valence-electron chi connectivity index (χ0n) is 11.4. The van der Waals surface area contributed by atoms with Crippen LogP contribution in [0.1, 0.15) is 25.8 Å². The van der Waals surface area contributed by atoms with Gasteiger partial charge in [0.05, 0.1) is 16.4 Å². The summed E-state index contributed by atoms with van der Waals surface area (Å²) in [5, 5.41) is 11.0. The lowest BCUT2D eigenvalue weighted by Gasteiger charge is -2.12. The molecule has 0 aromatic heterocycles. The smallest absolute Gasteiger partial charge is 0.312 e. The molecule has 0 fully saturated rings. The molecule has 112 valence electrons. The van der Waals surface area contributed by atoms with Crippen LogP contribution in [0.2, 0.25) is 0 Å². The van der Waals surface area contributed by atoms with Crippen LogP contribution < -0.4 is 4.74 Å². The van der Waals surface area contributed by atoms with Crippen molar-refractivity contribution >= 4 is 25.4 Å². The van der Waals surface area contributed by atoms with Crippen LogP contribution in [0.3, 0.4) is 0 Å². The SMILES string of the molecule is CCC(C)COc1cc(C)c(S(=O)(=O)Cl)cc1[N+](=O)[O-]. The summed E-state index contributed by atoms with van der Waals surface area (Å²) in [6.45, 7) is 5.77. The molecule has 0 saturated carbocycles. The van der Waals surface area contributed by atoms with Crippen molar-refractivity contribution in [1.29, 1.82) is 0 Å². The highest BCUT2D eigenvalue weighted by Gasteiger charge is 2.24. The van der Waals surface area contributed by atoms with Gasteiger partial charge in [-0.15, -0.1) is 0 Å². The number of halogens is 1. The van der Waals surface area contributed by atoms with E-state index in [9.17, 15) is 18.5 Å². The second-order valence-electron chi connectivity index (χ2n) is 4.60. The number of aryl methyl sites for hydroxylation is 1. The monoisotopic (exact) mass is 321 g/mol. The molecule has 0 bridgehead atoms. The van der Waals surface area contributed by atoms with E-state index < -0.39 is 19.7 Å². The van der Waals surface area contributed by atoms with Crippen LogP contribution >= 0.6 is 10.7 Å². The fraction of sp³-hybridized carbons (Fsp3) is 0.500. The van der Waals surface area contributed by atoms with Gasteiger partial charge in [0, 0.05) is 16.7 Å². The first-order valence-corrected chi connectivity index (χ1v) is 8.34. The topological polar surface area (TPSA) is 86.5 Å². The van der Waals surface area contributed by atoms with Crippen molar-refractivity contribution in [3.05, 3.63) is 27.8 Å². The third-order valence-corrected chi connectivity index (χ3v) is 4.40. The summed E-state index contributed by atoms with van der Waals surface area (Å²) in [5.74, 6) is 0.295. The molecule has 1 unspecified atom stereocenters. The molecule has 0 radical (unpaired) electrons. The minimum Gasteiger partial charge on any atom is -0.487 e. The van der Waals surface area contributed by atoms with Crippen molar-refractivity contribution in [2.75, 3.05) is 6.61 Å². The fourth-order valence-electron chi connectivity index (χ4n) is 1.52. The summed E-state index contributed by atoms with van der Waals surface area (Å²) in [7, 11) is 1.22. The summed E-state index contributed by atoms with van der Waals surface area (Å²) in [6.07, 6.45) is 0.876. The Morgan fingerprint density at radius 1 is 1.45 bits per heavy atom. The molecule has 0 N–H and O–H groups in total. The van der Waals surface area contributed by atoms with Gasteiger partial charge in [0.25, 0.3) is 9.05 Å². The number of nitro benzene ring substituents is 1. The second kappa shape index (κ2) is 6.41. The molecule has 0 aliphatic rings. The normalized spacial score (nSPS) is 13.0. The zero-order valence-corrected chi connectivity index (χ0v) is 13.0. The lowest BCUT2D eigenvalue weighted by molar-refractivity contribution is -0.386. The van der Waals surface area contributed by atoms with Gasteiger partial charge in [-0.2, -0.15) is 0 Å². The van der Waals surface area contributed by atoms with E-state index >= 15 is 0 Å². The highest BCUT2D eigenvalue weighted by molar-refractivity contribution is 8.13. The van der Waals surface area contributed by atoms with Crippen LogP contribution in [0.5, 0.6) is 5.75 Å². The molecule has 0 saturated heterocycles. The second-order valence-corrected chi connectivity index (χ2v) is 7.14. The van der Waals surface area contributed by atoms with Gasteiger partial charge in [0.1, 0.15) is 0 Å². The molecule has 0 aliphatic heterocycles. The lowest BCUT2D eigenvalue weighted by Crippen LogP contribution is -2.09. The first-order valence-electron chi connectivity index (χ1n) is 6.03. The molecule has 20 heavy (non-hydrogen) atoms. The van der Waals surface area contributed by atoms with E-state index in [1.54, 1.807) is 0 Å². The third kappa shape index (κ3) is 4.08. The van der Waals surface area contributed by atoms with Gasteiger partial charge < -0.3 is 4.74 Å². The molecule has 1 atom stereocenters. The molecule has 6 nitrogen and oxygen atoms in total. The van der Waals surface area contributed by atoms with Gasteiger partial charge in [-0.1, -0.05) is 20.3 Å². The Bertz CT molecular complexity index is 615. The number of nitrogens with zero attached hydrogens (tertiary/aromatic N) is 1. The Balaban J connectivity index is 3.25. The van der Waals surface area contributed by atoms with Crippen molar-refractivity contribution in [2.45, 2.75) is 32.1 Å². The van der Waals surface area contributed by atoms with Gasteiger partial charge >= 0.3 is 5.69 Å². The van der Waals surface area contributed by atoms with Crippen LogP contribution in [0.15, 0.2) is 17.0 Å². The maximum Gasteiger partial charge on any atom is 0.312 e. The quantitative estimate of drug-likeness (QED) is 0.456. The Morgan fingerprint density at radius 2 is 2.05 bits per heavy atom. The number of hydrogen-bond acceptors (Lipinski definition) is 5. The predicted octanol–water partition coefficient (Wildman–Crippen LogP) is 3.26. The number of nitro groups is 1. The first kappa shape index (κ1) is 16.7. The van der Waals surface area contributed by atoms with Crippen molar-refractivity contribution in [3.8, 4) is 5.75 Å². The zero-order chi connectivity index (χ0) is 15.5. The highest BCUT2D eigenvalue weighted by atomic mass is 35.7. The van der Waals surface area contributed by atoms with E-state index in [0.717, 1.165) is 12.5 Å². The number of benzene rings is 1. The van der Waals surface area contributed by atoms with Gasteiger partial charge in [-0.3, -0.25) is 10.1 Å². The van der Waals surface area contributed by atoms with Crippen molar-refractivity contribution < 1.29 is 18.1 Å². The van der Waals surface area contributed by atoms with E-state index in [1.807, 2.05) is 13.8 Å². The third-order valence-electron chi connectivity index (χ3n) is 2.94. The van der Waals surface area contributed by atoms with E-state index in [4.69, 9.17) is 15.4 Å². The Kier molecular flexibility index (Phi) is 5.35. The van der Waals surface area contributed by atoms with Crippen molar-refractivity contribution in [3.63, 3.8) is 0 Å². The molecule has 8 heteroatoms. The number of hydrogen-bond donors (Lipinski definition) is 0. The first-order chi connectivity index (χ1) is 9.16. The molecule has 0 amide bonds. The van der Waals surface area contributed by atoms with E-state index in [1.165, 1.54) is 13.0 Å². The van der Waals surface area contributed by atoms with Crippen LogP contribution in [0, 0.1) is 23.0 Å². The lowest BCUT2D eigenvalue weighted by atomic mass is 10.1. The molecule has 0 spiro atoms. The number of rotatable bonds is 6. The standard InChI is InChI=1S/C12H16ClNO5S/c1-4-8(2)7-19-11-5-9(3)12(20(13,17)18)6-10(11)14(15)16/h5-6,8H,4,7H2,1-3H3. The fourth-order valence-corrected chi connectivity index (χ4v) is 2.72. The minimum absolute atomic E-state index is 0.0527. The van der Waals surface area contributed by atoms with Crippen LogP contribution in [0.25, 0.3) is 0 Å². The van der Waals surface area contributed by atoms with E-state index in [2.05, 4.69) is 0 Å². The Morgan fingerprint density at radius 3 is 2.50 bits per heavy atom.